The summed E-state index contributed by atoms with van der Waals surface area (Å²) in [6.07, 6.45) is 4.34. The minimum absolute atomic E-state index is 0.305. The van der Waals surface area contributed by atoms with Gasteiger partial charge in [-0.25, -0.2) is 4.39 Å². The highest BCUT2D eigenvalue weighted by atomic mass is 19.1. The Morgan fingerprint density at radius 1 is 1.10 bits per heavy atom. The Labute approximate surface area is 168 Å². The normalized spacial score (nSPS) is 16.1. The van der Waals surface area contributed by atoms with Gasteiger partial charge in [0.15, 0.2) is 0 Å². The van der Waals surface area contributed by atoms with Gasteiger partial charge in [-0.05, 0) is 54.3 Å². The molecule has 1 heterocycles. The van der Waals surface area contributed by atoms with E-state index < -0.39 is 18.0 Å². The number of aryl methyl sites for hydroxylation is 1. The maximum atomic E-state index is 13.7. The number of carbonyl (C=O) groups is 2. The van der Waals surface area contributed by atoms with E-state index in [2.05, 4.69) is 4.98 Å². The van der Waals surface area contributed by atoms with Crippen LogP contribution in [0.5, 0.6) is 0 Å². The number of nitrogens with zero attached hydrogens (tertiary/aromatic N) is 2. The molecule has 1 aliphatic rings. The average molecular weight is 389 g/mol. The van der Waals surface area contributed by atoms with Crippen LogP contribution in [-0.4, -0.2) is 21.7 Å². The van der Waals surface area contributed by atoms with Crippen LogP contribution in [0.25, 0.3) is 0 Å². The number of fused-ring (bicyclic) bond motifs is 1. The largest absolute Gasteiger partial charge is 0.368 e. The van der Waals surface area contributed by atoms with Gasteiger partial charge in [0.2, 0.25) is 5.91 Å². The first kappa shape index (κ1) is 18.8. The van der Waals surface area contributed by atoms with E-state index in [1.165, 1.54) is 17.0 Å². The Hall–Kier alpha value is -3.54. The van der Waals surface area contributed by atoms with Crippen LogP contribution in [0.2, 0.25) is 0 Å². The lowest BCUT2D eigenvalue weighted by atomic mass is 9.99. The number of carbonyl (C=O) groups excluding carboxylic acids is 2. The zero-order chi connectivity index (χ0) is 20.4. The Balaban J connectivity index is 1.84. The summed E-state index contributed by atoms with van der Waals surface area (Å²) in [6.45, 7) is 0. The lowest BCUT2D eigenvalue weighted by Crippen LogP contribution is -2.43. The number of nitrogens with two attached hydrogens (primary N) is 1. The molecule has 6 heteroatoms. The number of hydrogen-bond acceptors (Lipinski definition) is 3. The zero-order valence-electron chi connectivity index (χ0n) is 15.7. The fourth-order valence-corrected chi connectivity index (χ4v) is 4.02. The molecule has 0 spiro atoms. The molecule has 2 N–H and O–H groups in total. The Kier molecular flexibility index (Phi) is 5.08. The van der Waals surface area contributed by atoms with Crippen molar-refractivity contribution >= 4 is 11.8 Å². The smallest absolute Gasteiger partial charge is 0.255 e. The first-order valence-electron chi connectivity index (χ1n) is 9.41. The summed E-state index contributed by atoms with van der Waals surface area (Å²) < 4.78 is 13.7. The Morgan fingerprint density at radius 2 is 1.90 bits per heavy atom. The Morgan fingerprint density at radius 3 is 2.59 bits per heavy atom. The van der Waals surface area contributed by atoms with Crippen LogP contribution in [0.15, 0.2) is 73.1 Å². The van der Waals surface area contributed by atoms with E-state index in [1.54, 1.807) is 54.9 Å². The van der Waals surface area contributed by atoms with Crippen molar-refractivity contribution in [1.29, 1.82) is 0 Å². The van der Waals surface area contributed by atoms with Gasteiger partial charge in [0.1, 0.15) is 11.9 Å². The van der Waals surface area contributed by atoms with Crippen molar-refractivity contribution in [2.45, 2.75) is 24.9 Å². The molecule has 2 atom stereocenters. The van der Waals surface area contributed by atoms with E-state index in [4.69, 9.17) is 5.73 Å². The molecule has 0 saturated heterocycles. The predicted molar refractivity (Wildman–Crippen MR) is 106 cm³/mol. The lowest BCUT2D eigenvalue weighted by Gasteiger charge is -2.35. The minimum atomic E-state index is -0.989. The van der Waals surface area contributed by atoms with E-state index in [9.17, 15) is 14.0 Å². The SMILES string of the molecule is NC(=O)[C@@H](c1cccnc1)N(C(=O)c1ccccc1)[C@@H]1CCc2cc(F)ccc21. The molecular formula is C23H20FN3O2. The molecule has 146 valence electrons. The van der Waals surface area contributed by atoms with Gasteiger partial charge >= 0.3 is 0 Å². The number of primary amides is 1. The van der Waals surface area contributed by atoms with Gasteiger partial charge in [-0.2, -0.15) is 0 Å². The summed E-state index contributed by atoms with van der Waals surface area (Å²) in [7, 11) is 0. The summed E-state index contributed by atoms with van der Waals surface area (Å²) in [5.74, 6) is -1.26. The number of rotatable bonds is 5. The van der Waals surface area contributed by atoms with Gasteiger partial charge in [-0.15, -0.1) is 0 Å². The second-order valence-electron chi connectivity index (χ2n) is 7.07. The summed E-state index contributed by atoms with van der Waals surface area (Å²) in [6, 6.07) is 15.4. The number of pyridine rings is 1. The Bertz CT molecular complexity index is 1040. The summed E-state index contributed by atoms with van der Waals surface area (Å²) >= 11 is 0. The standard InChI is InChI=1S/C23H20FN3O2/c24-18-9-10-19-16(13-18)8-11-20(19)27(23(29)15-5-2-1-3-6-15)21(22(25)28)17-7-4-12-26-14-17/h1-7,9-10,12-14,20-21H,8,11H2,(H2,25,28)/t20-,21-/m1/s1. The topological polar surface area (TPSA) is 76.3 Å². The van der Waals surface area contributed by atoms with E-state index in [0.29, 0.717) is 24.0 Å². The summed E-state index contributed by atoms with van der Waals surface area (Å²) in [4.78, 5) is 31.7. The molecule has 1 aliphatic carbocycles. The van der Waals surface area contributed by atoms with E-state index >= 15 is 0 Å². The van der Waals surface area contributed by atoms with Crippen molar-refractivity contribution in [3.63, 3.8) is 0 Å². The number of hydrogen-bond donors (Lipinski definition) is 1. The minimum Gasteiger partial charge on any atom is -0.368 e. The fourth-order valence-electron chi connectivity index (χ4n) is 4.02. The molecule has 4 rings (SSSR count). The maximum absolute atomic E-state index is 13.7. The number of benzene rings is 2. The van der Waals surface area contributed by atoms with Crippen molar-refractivity contribution in [3.05, 3.63) is 101 Å². The van der Waals surface area contributed by atoms with Crippen LogP contribution < -0.4 is 5.73 Å². The summed E-state index contributed by atoms with van der Waals surface area (Å²) in [5, 5.41) is 0. The second kappa shape index (κ2) is 7.83. The zero-order valence-corrected chi connectivity index (χ0v) is 15.7. The molecule has 3 aromatic rings. The van der Waals surface area contributed by atoms with Crippen molar-refractivity contribution in [2.24, 2.45) is 5.73 Å². The van der Waals surface area contributed by atoms with Crippen molar-refractivity contribution in [1.82, 2.24) is 9.88 Å². The molecule has 0 saturated carbocycles. The molecule has 0 bridgehead atoms. The molecule has 5 nitrogen and oxygen atoms in total. The molecule has 1 aromatic heterocycles. The van der Waals surface area contributed by atoms with Gasteiger partial charge < -0.3 is 10.6 Å². The first-order valence-corrected chi connectivity index (χ1v) is 9.41. The molecule has 0 fully saturated rings. The maximum Gasteiger partial charge on any atom is 0.255 e. The molecule has 0 radical (unpaired) electrons. The second-order valence-corrected chi connectivity index (χ2v) is 7.07. The third-order valence-electron chi connectivity index (χ3n) is 5.29. The third-order valence-corrected chi connectivity index (χ3v) is 5.29. The molecule has 2 aromatic carbocycles. The highest BCUT2D eigenvalue weighted by Gasteiger charge is 2.39. The quantitative estimate of drug-likeness (QED) is 0.725. The van der Waals surface area contributed by atoms with Gasteiger partial charge in [0.05, 0.1) is 6.04 Å². The van der Waals surface area contributed by atoms with Crippen LogP contribution in [0.3, 0.4) is 0 Å². The lowest BCUT2D eigenvalue weighted by molar-refractivity contribution is -0.123. The number of aromatic nitrogens is 1. The number of amides is 2. The molecular weight excluding hydrogens is 369 g/mol. The van der Waals surface area contributed by atoms with Crippen molar-refractivity contribution in [3.8, 4) is 0 Å². The van der Waals surface area contributed by atoms with E-state index in [1.807, 2.05) is 6.07 Å². The van der Waals surface area contributed by atoms with Crippen molar-refractivity contribution < 1.29 is 14.0 Å². The first-order chi connectivity index (χ1) is 14.1. The van der Waals surface area contributed by atoms with Gasteiger partial charge in [0, 0.05) is 23.5 Å². The predicted octanol–water partition coefficient (Wildman–Crippen LogP) is 3.58. The average Bonchev–Trinajstić information content (AvgIpc) is 3.15. The van der Waals surface area contributed by atoms with E-state index in [0.717, 1.165) is 11.1 Å². The van der Waals surface area contributed by atoms with Crippen LogP contribution in [0.4, 0.5) is 4.39 Å². The highest BCUT2D eigenvalue weighted by Crippen LogP contribution is 2.41. The van der Waals surface area contributed by atoms with Gasteiger partial charge in [-0.3, -0.25) is 14.6 Å². The molecule has 0 aliphatic heterocycles. The van der Waals surface area contributed by atoms with Gasteiger partial charge in [-0.1, -0.05) is 30.3 Å². The monoisotopic (exact) mass is 389 g/mol. The van der Waals surface area contributed by atoms with Gasteiger partial charge in [0.25, 0.3) is 5.91 Å². The van der Waals surface area contributed by atoms with E-state index in [-0.39, 0.29) is 11.7 Å². The van der Waals surface area contributed by atoms with Crippen LogP contribution in [0.1, 0.15) is 45.6 Å². The number of halogens is 1. The molecule has 2 amide bonds. The molecule has 29 heavy (non-hydrogen) atoms. The molecule has 0 unspecified atom stereocenters. The fraction of sp³-hybridized carbons (Fsp3) is 0.174. The van der Waals surface area contributed by atoms with Crippen molar-refractivity contribution in [2.75, 3.05) is 0 Å². The third kappa shape index (κ3) is 3.61. The summed E-state index contributed by atoms with van der Waals surface area (Å²) in [5.41, 5.74) is 8.46. The van der Waals surface area contributed by atoms with Crippen LogP contribution >= 0.6 is 0 Å². The highest BCUT2D eigenvalue weighted by molar-refractivity contribution is 5.98. The van der Waals surface area contributed by atoms with Crippen LogP contribution in [-0.2, 0) is 11.2 Å². The van der Waals surface area contributed by atoms with Crippen LogP contribution in [0, 0.1) is 5.82 Å².